The lowest BCUT2D eigenvalue weighted by Crippen LogP contribution is -2.36. The van der Waals surface area contributed by atoms with Crippen LogP contribution in [0.2, 0.25) is 0 Å². The molecule has 0 saturated carbocycles. The molecule has 0 aliphatic carbocycles. The number of hydrogen-bond donors (Lipinski definition) is 1. The second-order valence-electron chi connectivity index (χ2n) is 5.64. The van der Waals surface area contributed by atoms with E-state index < -0.39 is 0 Å². The second-order valence-corrected chi connectivity index (χ2v) is 5.64. The van der Waals surface area contributed by atoms with Crippen LogP contribution in [-0.2, 0) is 0 Å². The van der Waals surface area contributed by atoms with Gasteiger partial charge in [0.2, 0.25) is 0 Å². The van der Waals surface area contributed by atoms with Crippen LogP contribution in [0.1, 0.15) is 43.7 Å². The van der Waals surface area contributed by atoms with E-state index in [1.165, 1.54) is 32.1 Å². The third-order valence-electron chi connectivity index (χ3n) is 4.35. The summed E-state index contributed by atoms with van der Waals surface area (Å²) in [6.45, 7) is 2.83. The van der Waals surface area contributed by atoms with Gasteiger partial charge in [-0.1, -0.05) is 31.4 Å². The summed E-state index contributed by atoms with van der Waals surface area (Å²) in [5, 5.41) is 0. The van der Waals surface area contributed by atoms with Gasteiger partial charge in [-0.3, -0.25) is 4.90 Å². The first-order valence-electron chi connectivity index (χ1n) is 7.96. The Hall–Kier alpha value is -1.26. The molecule has 4 nitrogen and oxygen atoms in total. The van der Waals surface area contributed by atoms with Crippen molar-refractivity contribution in [2.45, 2.75) is 38.1 Å². The lowest BCUT2D eigenvalue weighted by Gasteiger charge is -2.33. The van der Waals surface area contributed by atoms with E-state index in [0.717, 1.165) is 30.2 Å². The highest BCUT2D eigenvalue weighted by Crippen LogP contribution is 2.37. The van der Waals surface area contributed by atoms with E-state index in [1.807, 2.05) is 12.1 Å². The topological polar surface area (TPSA) is 47.7 Å². The summed E-state index contributed by atoms with van der Waals surface area (Å²) in [7, 11) is 3.37. The first-order valence-corrected chi connectivity index (χ1v) is 7.96. The van der Waals surface area contributed by atoms with Crippen LogP contribution in [0, 0.1) is 0 Å². The Bertz CT molecular complexity index is 429. The molecule has 2 N–H and O–H groups in total. The van der Waals surface area contributed by atoms with Crippen LogP contribution in [0.4, 0.5) is 0 Å². The minimum absolute atomic E-state index is 0.202. The first-order chi connectivity index (χ1) is 10.3. The molecular weight excluding hydrogens is 264 g/mol. The summed E-state index contributed by atoms with van der Waals surface area (Å²) in [5.41, 5.74) is 7.24. The number of hydrogen-bond acceptors (Lipinski definition) is 4. The van der Waals surface area contributed by atoms with Crippen LogP contribution in [0.5, 0.6) is 11.5 Å². The summed E-state index contributed by atoms with van der Waals surface area (Å²) in [6, 6.07) is 6.26. The van der Waals surface area contributed by atoms with E-state index in [4.69, 9.17) is 15.2 Å². The normalized spacial score (nSPS) is 18.6. The van der Waals surface area contributed by atoms with Crippen LogP contribution in [0.25, 0.3) is 0 Å². The summed E-state index contributed by atoms with van der Waals surface area (Å²) < 4.78 is 11.0. The monoisotopic (exact) mass is 292 g/mol. The molecular formula is C17H28N2O2. The maximum absolute atomic E-state index is 6.10. The number of para-hydroxylation sites is 1. The molecule has 0 spiro atoms. The number of likely N-dealkylation sites (tertiary alicyclic amines) is 1. The highest BCUT2D eigenvalue weighted by Gasteiger charge is 2.24. The number of benzene rings is 1. The van der Waals surface area contributed by atoms with E-state index in [-0.39, 0.29) is 6.04 Å². The van der Waals surface area contributed by atoms with Crippen LogP contribution in [0.3, 0.4) is 0 Å². The molecule has 1 aliphatic rings. The lowest BCUT2D eigenvalue weighted by atomic mass is 10.0. The molecule has 1 atom stereocenters. The predicted octanol–water partition coefficient (Wildman–Crippen LogP) is 2.97. The highest BCUT2D eigenvalue weighted by atomic mass is 16.5. The number of nitrogens with zero attached hydrogens (tertiary/aromatic N) is 1. The number of methoxy groups -OCH3 is 2. The predicted molar refractivity (Wildman–Crippen MR) is 86.0 cm³/mol. The van der Waals surface area contributed by atoms with E-state index in [2.05, 4.69) is 11.0 Å². The number of nitrogens with two attached hydrogens (primary N) is 1. The number of ether oxygens (including phenoxy) is 2. The van der Waals surface area contributed by atoms with Crippen molar-refractivity contribution in [2.24, 2.45) is 5.73 Å². The van der Waals surface area contributed by atoms with Crippen LogP contribution in [-0.4, -0.2) is 38.8 Å². The van der Waals surface area contributed by atoms with E-state index in [1.54, 1.807) is 14.2 Å². The van der Waals surface area contributed by atoms with E-state index >= 15 is 0 Å². The van der Waals surface area contributed by atoms with Crippen LogP contribution < -0.4 is 15.2 Å². The first kappa shape index (κ1) is 16.1. The standard InChI is InChI=1S/C17H28N2O2/c1-20-16-10-8-9-14(17(16)21-2)15(13-18)19-11-6-4-3-5-7-12-19/h8-10,15H,3-7,11-13,18H2,1-2H3. The van der Waals surface area contributed by atoms with Crippen molar-refractivity contribution in [3.63, 3.8) is 0 Å². The Balaban J connectivity index is 2.27. The Kier molecular flexibility index (Phi) is 6.33. The molecule has 1 heterocycles. The van der Waals surface area contributed by atoms with Crippen molar-refractivity contribution in [1.82, 2.24) is 4.90 Å². The minimum Gasteiger partial charge on any atom is -0.493 e. The summed E-state index contributed by atoms with van der Waals surface area (Å²) in [6.07, 6.45) is 6.52. The lowest BCUT2D eigenvalue weighted by molar-refractivity contribution is 0.180. The van der Waals surface area contributed by atoms with Gasteiger partial charge in [0.15, 0.2) is 11.5 Å². The summed E-state index contributed by atoms with van der Waals surface area (Å²) in [4.78, 5) is 2.51. The van der Waals surface area contributed by atoms with Gasteiger partial charge in [0.1, 0.15) is 0 Å². The Labute approximate surface area is 128 Å². The van der Waals surface area contributed by atoms with Gasteiger partial charge in [-0.25, -0.2) is 0 Å². The molecule has 0 aromatic heterocycles. The zero-order chi connectivity index (χ0) is 15.1. The molecule has 1 aromatic carbocycles. The Morgan fingerprint density at radius 3 is 2.29 bits per heavy atom. The molecule has 0 radical (unpaired) electrons. The zero-order valence-corrected chi connectivity index (χ0v) is 13.3. The molecule has 1 fully saturated rings. The maximum Gasteiger partial charge on any atom is 0.165 e. The van der Waals surface area contributed by atoms with Crippen molar-refractivity contribution in [3.05, 3.63) is 23.8 Å². The largest absolute Gasteiger partial charge is 0.493 e. The van der Waals surface area contributed by atoms with Crippen molar-refractivity contribution in [2.75, 3.05) is 33.9 Å². The smallest absolute Gasteiger partial charge is 0.165 e. The Morgan fingerprint density at radius 2 is 1.71 bits per heavy atom. The molecule has 0 amide bonds. The molecule has 4 heteroatoms. The van der Waals surface area contributed by atoms with Gasteiger partial charge in [-0.2, -0.15) is 0 Å². The molecule has 1 saturated heterocycles. The SMILES string of the molecule is COc1cccc(C(CN)N2CCCCCCC2)c1OC. The second kappa shape index (κ2) is 8.25. The minimum atomic E-state index is 0.202. The van der Waals surface area contributed by atoms with Gasteiger partial charge in [0, 0.05) is 12.1 Å². The van der Waals surface area contributed by atoms with Crippen LogP contribution in [0.15, 0.2) is 18.2 Å². The van der Waals surface area contributed by atoms with Gasteiger partial charge >= 0.3 is 0 Å². The Morgan fingerprint density at radius 1 is 1.05 bits per heavy atom. The maximum atomic E-state index is 6.10. The quantitative estimate of drug-likeness (QED) is 0.906. The fraction of sp³-hybridized carbons (Fsp3) is 0.647. The van der Waals surface area contributed by atoms with Crippen LogP contribution >= 0.6 is 0 Å². The fourth-order valence-electron chi connectivity index (χ4n) is 3.23. The van der Waals surface area contributed by atoms with Crippen molar-refractivity contribution in [3.8, 4) is 11.5 Å². The fourth-order valence-corrected chi connectivity index (χ4v) is 3.23. The molecule has 0 bridgehead atoms. The van der Waals surface area contributed by atoms with Gasteiger partial charge in [-0.05, 0) is 32.0 Å². The molecule has 1 unspecified atom stereocenters. The van der Waals surface area contributed by atoms with E-state index in [9.17, 15) is 0 Å². The number of rotatable bonds is 5. The summed E-state index contributed by atoms with van der Waals surface area (Å²) in [5.74, 6) is 1.60. The third-order valence-corrected chi connectivity index (χ3v) is 4.35. The molecule has 1 aromatic rings. The third kappa shape index (κ3) is 3.89. The average Bonchev–Trinajstić information content (AvgIpc) is 2.49. The van der Waals surface area contributed by atoms with E-state index in [0.29, 0.717) is 6.54 Å². The van der Waals surface area contributed by atoms with Crippen molar-refractivity contribution < 1.29 is 9.47 Å². The van der Waals surface area contributed by atoms with Gasteiger partial charge in [-0.15, -0.1) is 0 Å². The molecule has 118 valence electrons. The zero-order valence-electron chi connectivity index (χ0n) is 13.3. The average molecular weight is 292 g/mol. The molecule has 2 rings (SSSR count). The highest BCUT2D eigenvalue weighted by molar-refractivity contribution is 5.48. The molecule has 1 aliphatic heterocycles. The van der Waals surface area contributed by atoms with Crippen molar-refractivity contribution >= 4 is 0 Å². The molecule has 21 heavy (non-hydrogen) atoms. The van der Waals surface area contributed by atoms with Gasteiger partial charge in [0.05, 0.1) is 20.3 Å². The van der Waals surface area contributed by atoms with Crippen molar-refractivity contribution in [1.29, 1.82) is 0 Å². The van der Waals surface area contributed by atoms with Gasteiger partial charge < -0.3 is 15.2 Å². The summed E-state index contributed by atoms with van der Waals surface area (Å²) >= 11 is 0. The van der Waals surface area contributed by atoms with Gasteiger partial charge in [0.25, 0.3) is 0 Å².